The molecule has 0 radical (unpaired) electrons. The summed E-state index contributed by atoms with van der Waals surface area (Å²) in [6, 6.07) is 8.74. The molecule has 0 bridgehead atoms. The minimum absolute atomic E-state index is 0.0896. The van der Waals surface area contributed by atoms with Crippen LogP contribution < -0.4 is 9.80 Å². The fraction of sp³-hybridized carbons (Fsp3) is 0.542. The van der Waals surface area contributed by atoms with Gasteiger partial charge >= 0.3 is 6.03 Å². The first-order valence-corrected chi connectivity index (χ1v) is 11.7. The summed E-state index contributed by atoms with van der Waals surface area (Å²) < 4.78 is 6.83. The van der Waals surface area contributed by atoms with Gasteiger partial charge < -0.3 is 19.4 Å². The van der Waals surface area contributed by atoms with Crippen molar-refractivity contribution < 1.29 is 14.3 Å². The highest BCUT2D eigenvalue weighted by Gasteiger charge is 2.42. The monoisotopic (exact) mass is 452 g/mol. The second-order valence-corrected chi connectivity index (χ2v) is 9.39. The third-order valence-electron chi connectivity index (χ3n) is 7.15. The zero-order valence-electron chi connectivity index (χ0n) is 19.4. The van der Waals surface area contributed by atoms with Crippen molar-refractivity contribution in [2.75, 3.05) is 69.3 Å². The van der Waals surface area contributed by atoms with Crippen molar-refractivity contribution in [3.05, 3.63) is 42.2 Å². The summed E-state index contributed by atoms with van der Waals surface area (Å²) in [4.78, 5) is 32.8. The standard InChI is InChI=1S/C24H32N6O3/c1-18(31)26(2)23-11-25-30(17-23)24(32)29-15-20-13-27(14-21(20)16-29)12-19-4-3-5-22(10-19)28-6-8-33-9-7-28/h3-5,10-11,17,20-21H,6-9,12-16H2,1-2H3. The molecule has 3 aliphatic rings. The van der Waals surface area contributed by atoms with E-state index < -0.39 is 0 Å². The highest BCUT2D eigenvalue weighted by molar-refractivity contribution is 5.91. The average molecular weight is 453 g/mol. The number of carbonyl (C=O) groups excluding carboxylic acids is 2. The third kappa shape index (κ3) is 4.60. The van der Waals surface area contributed by atoms with Crippen LogP contribution in [0.1, 0.15) is 12.5 Å². The molecule has 9 heteroatoms. The fourth-order valence-electron chi connectivity index (χ4n) is 5.22. The number of anilines is 2. The van der Waals surface area contributed by atoms with Crippen LogP contribution in [0.2, 0.25) is 0 Å². The Morgan fingerprint density at radius 1 is 1.12 bits per heavy atom. The van der Waals surface area contributed by atoms with Crippen LogP contribution in [0, 0.1) is 11.8 Å². The van der Waals surface area contributed by atoms with Gasteiger partial charge in [0, 0.05) is 65.5 Å². The maximum atomic E-state index is 12.9. The van der Waals surface area contributed by atoms with Crippen molar-refractivity contribution in [3.63, 3.8) is 0 Å². The Hall–Kier alpha value is -2.91. The molecule has 4 heterocycles. The number of rotatable bonds is 4. The van der Waals surface area contributed by atoms with Crippen LogP contribution in [-0.4, -0.2) is 91.0 Å². The molecule has 0 spiro atoms. The van der Waals surface area contributed by atoms with Crippen molar-refractivity contribution in [2.45, 2.75) is 13.5 Å². The SMILES string of the molecule is CC(=O)N(C)c1cnn(C(=O)N2CC3CN(Cc4cccc(N5CCOCC5)c4)CC3C2)c1. The molecule has 0 aliphatic carbocycles. The lowest BCUT2D eigenvalue weighted by Gasteiger charge is -2.29. The van der Waals surface area contributed by atoms with Crippen molar-refractivity contribution in [3.8, 4) is 0 Å². The van der Waals surface area contributed by atoms with E-state index in [1.807, 2.05) is 4.90 Å². The fourth-order valence-corrected chi connectivity index (χ4v) is 5.22. The Kier molecular flexibility index (Phi) is 6.07. The largest absolute Gasteiger partial charge is 0.378 e. The maximum Gasteiger partial charge on any atom is 0.344 e. The minimum atomic E-state index is -0.114. The van der Waals surface area contributed by atoms with E-state index >= 15 is 0 Å². The average Bonchev–Trinajstić information content (AvgIpc) is 3.54. The van der Waals surface area contributed by atoms with E-state index in [4.69, 9.17) is 4.74 Å². The number of aromatic nitrogens is 2. The smallest absolute Gasteiger partial charge is 0.344 e. The van der Waals surface area contributed by atoms with Crippen molar-refractivity contribution in [1.82, 2.24) is 19.6 Å². The minimum Gasteiger partial charge on any atom is -0.378 e. The van der Waals surface area contributed by atoms with Gasteiger partial charge in [0.25, 0.3) is 0 Å². The van der Waals surface area contributed by atoms with E-state index in [-0.39, 0.29) is 11.9 Å². The van der Waals surface area contributed by atoms with Gasteiger partial charge in [-0.05, 0) is 29.5 Å². The summed E-state index contributed by atoms with van der Waals surface area (Å²) in [5.41, 5.74) is 3.24. The van der Waals surface area contributed by atoms with Gasteiger partial charge in [0.1, 0.15) is 0 Å². The Morgan fingerprint density at radius 2 is 1.85 bits per heavy atom. The lowest BCUT2D eigenvalue weighted by molar-refractivity contribution is -0.116. The number of nitrogens with zero attached hydrogens (tertiary/aromatic N) is 6. The maximum absolute atomic E-state index is 12.9. The van der Waals surface area contributed by atoms with Crippen LogP contribution >= 0.6 is 0 Å². The number of benzene rings is 1. The number of hydrogen-bond acceptors (Lipinski definition) is 6. The topological polar surface area (TPSA) is 74.2 Å². The molecule has 2 aromatic rings. The zero-order chi connectivity index (χ0) is 22.9. The molecular formula is C24H32N6O3. The number of carbonyl (C=O) groups is 2. The lowest BCUT2D eigenvalue weighted by Crippen LogP contribution is -2.36. The molecule has 9 nitrogen and oxygen atoms in total. The van der Waals surface area contributed by atoms with Gasteiger partial charge in [-0.3, -0.25) is 9.69 Å². The quantitative estimate of drug-likeness (QED) is 0.704. The lowest BCUT2D eigenvalue weighted by atomic mass is 10.0. The second-order valence-electron chi connectivity index (χ2n) is 9.39. The van der Waals surface area contributed by atoms with Gasteiger partial charge in [0.2, 0.25) is 5.91 Å². The predicted octanol–water partition coefficient (Wildman–Crippen LogP) is 1.73. The van der Waals surface area contributed by atoms with E-state index in [9.17, 15) is 9.59 Å². The summed E-state index contributed by atoms with van der Waals surface area (Å²) in [5, 5.41) is 4.18. The molecular weight excluding hydrogens is 420 g/mol. The second kappa shape index (κ2) is 9.15. The molecule has 1 aromatic heterocycles. The third-order valence-corrected chi connectivity index (χ3v) is 7.15. The Balaban J connectivity index is 1.16. The van der Waals surface area contributed by atoms with Gasteiger partial charge in [-0.1, -0.05) is 12.1 Å². The summed E-state index contributed by atoms with van der Waals surface area (Å²) >= 11 is 0. The van der Waals surface area contributed by atoms with Crippen molar-refractivity contribution in [2.24, 2.45) is 11.8 Å². The number of morpholine rings is 1. The first kappa shape index (κ1) is 21.9. The molecule has 5 rings (SSSR count). The van der Waals surface area contributed by atoms with Crippen molar-refractivity contribution >= 4 is 23.3 Å². The number of ether oxygens (including phenoxy) is 1. The number of likely N-dealkylation sites (tertiary alicyclic amines) is 2. The molecule has 3 saturated heterocycles. The van der Waals surface area contributed by atoms with Crippen LogP contribution in [0.15, 0.2) is 36.7 Å². The first-order chi connectivity index (χ1) is 16.0. The summed E-state index contributed by atoms with van der Waals surface area (Å²) in [6.45, 7) is 9.45. The molecule has 2 amide bonds. The van der Waals surface area contributed by atoms with E-state index in [2.05, 4.69) is 39.2 Å². The van der Waals surface area contributed by atoms with Crippen molar-refractivity contribution in [1.29, 1.82) is 0 Å². The molecule has 1 aromatic carbocycles. The van der Waals surface area contributed by atoms with Crippen LogP contribution in [0.4, 0.5) is 16.2 Å². The molecule has 33 heavy (non-hydrogen) atoms. The number of amides is 2. The van der Waals surface area contributed by atoms with E-state index in [0.717, 1.165) is 59.0 Å². The van der Waals surface area contributed by atoms with Crippen LogP contribution in [0.25, 0.3) is 0 Å². The van der Waals surface area contributed by atoms with Gasteiger partial charge in [-0.2, -0.15) is 9.78 Å². The van der Waals surface area contributed by atoms with E-state index in [0.29, 0.717) is 17.5 Å². The van der Waals surface area contributed by atoms with Crippen LogP contribution in [-0.2, 0) is 16.1 Å². The van der Waals surface area contributed by atoms with E-state index in [1.165, 1.54) is 27.8 Å². The number of fused-ring (bicyclic) bond motifs is 1. The molecule has 3 fully saturated rings. The highest BCUT2D eigenvalue weighted by Crippen LogP contribution is 2.32. The normalized spacial score (nSPS) is 23.1. The van der Waals surface area contributed by atoms with Gasteiger partial charge in [-0.15, -0.1) is 0 Å². The Morgan fingerprint density at radius 3 is 2.55 bits per heavy atom. The van der Waals surface area contributed by atoms with Gasteiger partial charge in [0.15, 0.2) is 0 Å². The summed E-state index contributed by atoms with van der Waals surface area (Å²) in [5.74, 6) is 0.894. The molecule has 2 unspecified atom stereocenters. The predicted molar refractivity (Wildman–Crippen MR) is 125 cm³/mol. The Labute approximate surface area is 194 Å². The summed E-state index contributed by atoms with van der Waals surface area (Å²) in [6.07, 6.45) is 3.19. The molecule has 2 atom stereocenters. The molecule has 176 valence electrons. The molecule has 0 N–H and O–H groups in total. The van der Waals surface area contributed by atoms with Gasteiger partial charge in [-0.25, -0.2) is 4.79 Å². The van der Waals surface area contributed by atoms with Gasteiger partial charge in [0.05, 0.1) is 31.3 Å². The molecule has 3 aliphatic heterocycles. The zero-order valence-corrected chi connectivity index (χ0v) is 19.4. The Bertz CT molecular complexity index is 1000. The molecule has 0 saturated carbocycles. The summed E-state index contributed by atoms with van der Waals surface area (Å²) in [7, 11) is 1.68. The van der Waals surface area contributed by atoms with E-state index in [1.54, 1.807) is 19.4 Å². The highest BCUT2D eigenvalue weighted by atomic mass is 16.5. The number of hydrogen-bond donors (Lipinski definition) is 0. The van der Waals surface area contributed by atoms with Crippen LogP contribution in [0.5, 0.6) is 0 Å². The first-order valence-electron chi connectivity index (χ1n) is 11.7. The van der Waals surface area contributed by atoms with Crippen LogP contribution in [0.3, 0.4) is 0 Å².